The number of hydrogen-bond donors (Lipinski definition) is 0. The highest BCUT2D eigenvalue weighted by molar-refractivity contribution is 7.89. The summed E-state index contributed by atoms with van der Waals surface area (Å²) in [6.07, 6.45) is 2.91. The number of anilines is 1. The van der Waals surface area contributed by atoms with Crippen LogP contribution in [0.4, 0.5) is 5.69 Å². The number of ether oxygens (including phenoxy) is 2. The van der Waals surface area contributed by atoms with Gasteiger partial charge in [0.1, 0.15) is 17.5 Å². The molecule has 33 heavy (non-hydrogen) atoms. The molecule has 1 saturated heterocycles. The lowest BCUT2D eigenvalue weighted by Gasteiger charge is -2.32. The van der Waals surface area contributed by atoms with E-state index in [-0.39, 0.29) is 17.4 Å². The number of sulfonamides is 1. The number of carbonyl (C=O) groups excluding carboxylic acids is 2. The van der Waals surface area contributed by atoms with E-state index < -0.39 is 27.9 Å². The molecule has 2 aliphatic rings. The lowest BCUT2D eigenvalue weighted by molar-refractivity contribution is -0.122. The number of amides is 2. The summed E-state index contributed by atoms with van der Waals surface area (Å²) in [7, 11) is -2.50. The lowest BCUT2D eigenvalue weighted by atomic mass is 10.2. The Kier molecular flexibility index (Phi) is 6.71. The average molecular weight is 473 g/mol. The van der Waals surface area contributed by atoms with E-state index in [4.69, 9.17) is 9.47 Å². The summed E-state index contributed by atoms with van der Waals surface area (Å²) in [5, 5.41) is 0. The van der Waals surface area contributed by atoms with Crippen LogP contribution in [0.2, 0.25) is 0 Å². The van der Waals surface area contributed by atoms with Gasteiger partial charge in [-0.1, -0.05) is 12.8 Å². The lowest BCUT2D eigenvalue weighted by Crippen LogP contribution is -2.49. The van der Waals surface area contributed by atoms with Crippen LogP contribution >= 0.6 is 0 Å². The number of benzene rings is 2. The molecular formula is C24H28N2O6S. The zero-order valence-electron chi connectivity index (χ0n) is 18.8. The molecule has 2 fully saturated rings. The first kappa shape index (κ1) is 23.3. The summed E-state index contributed by atoms with van der Waals surface area (Å²) in [5.41, 5.74) is 0.407. The molecule has 1 aliphatic heterocycles. The molecule has 0 radical (unpaired) electrons. The van der Waals surface area contributed by atoms with Crippen molar-refractivity contribution in [2.24, 2.45) is 0 Å². The van der Waals surface area contributed by atoms with Gasteiger partial charge in [0.25, 0.3) is 5.91 Å². The fourth-order valence-electron chi connectivity index (χ4n) is 4.59. The zero-order valence-corrected chi connectivity index (χ0v) is 19.6. The van der Waals surface area contributed by atoms with Crippen molar-refractivity contribution in [2.75, 3.05) is 18.6 Å². The molecule has 9 heteroatoms. The van der Waals surface area contributed by atoms with Crippen LogP contribution in [-0.4, -0.2) is 50.3 Å². The molecule has 1 saturated carbocycles. The summed E-state index contributed by atoms with van der Waals surface area (Å²) in [6.45, 7) is 2.37. The van der Waals surface area contributed by atoms with E-state index in [0.717, 1.165) is 17.7 Å². The van der Waals surface area contributed by atoms with Crippen LogP contribution in [-0.2, 0) is 19.6 Å². The largest absolute Gasteiger partial charge is 0.497 e. The second kappa shape index (κ2) is 9.52. The Morgan fingerprint density at radius 3 is 2.15 bits per heavy atom. The maximum Gasteiger partial charge on any atom is 0.252 e. The van der Waals surface area contributed by atoms with E-state index >= 15 is 0 Å². The molecule has 0 bridgehead atoms. The van der Waals surface area contributed by atoms with Gasteiger partial charge in [0.2, 0.25) is 15.9 Å². The summed E-state index contributed by atoms with van der Waals surface area (Å²) in [6, 6.07) is 11.4. The van der Waals surface area contributed by atoms with Crippen LogP contribution in [0.3, 0.4) is 0 Å². The van der Waals surface area contributed by atoms with Gasteiger partial charge in [0, 0.05) is 6.04 Å². The van der Waals surface area contributed by atoms with Gasteiger partial charge in [-0.15, -0.1) is 0 Å². The minimum absolute atomic E-state index is 0.0787. The van der Waals surface area contributed by atoms with E-state index in [2.05, 4.69) is 0 Å². The van der Waals surface area contributed by atoms with Crippen molar-refractivity contribution < 1.29 is 27.5 Å². The molecule has 4 rings (SSSR count). The Bertz CT molecular complexity index is 1110. The Hall–Kier alpha value is -2.91. The van der Waals surface area contributed by atoms with Crippen LogP contribution in [0.1, 0.15) is 39.0 Å². The van der Waals surface area contributed by atoms with Crippen molar-refractivity contribution in [1.29, 1.82) is 0 Å². The fourth-order valence-corrected chi connectivity index (χ4v) is 6.42. The normalized spacial score (nSPS) is 19.5. The standard InChI is InChI=1S/C24H28N2O6S/c1-3-32-20-10-8-17(9-11-20)25-23(27)16-22(24(25)28)26(18-6-4-5-7-18)33(29,30)21-14-12-19(31-2)13-15-21/h8-15,18,22H,3-7,16H2,1-2H3. The molecule has 0 spiro atoms. The molecule has 2 aromatic rings. The first-order valence-electron chi connectivity index (χ1n) is 11.1. The van der Waals surface area contributed by atoms with Crippen molar-refractivity contribution in [3.05, 3.63) is 48.5 Å². The number of rotatable bonds is 8. The highest BCUT2D eigenvalue weighted by Gasteiger charge is 2.49. The Balaban J connectivity index is 1.67. The van der Waals surface area contributed by atoms with Crippen molar-refractivity contribution >= 4 is 27.5 Å². The maximum absolute atomic E-state index is 13.7. The van der Waals surface area contributed by atoms with Crippen molar-refractivity contribution in [2.45, 2.75) is 56.0 Å². The highest BCUT2D eigenvalue weighted by Crippen LogP contribution is 2.36. The number of nitrogens with zero attached hydrogens (tertiary/aromatic N) is 2. The van der Waals surface area contributed by atoms with Crippen LogP contribution in [0.15, 0.2) is 53.4 Å². The van der Waals surface area contributed by atoms with Gasteiger partial charge in [-0.3, -0.25) is 9.59 Å². The van der Waals surface area contributed by atoms with Gasteiger partial charge in [-0.05, 0) is 68.3 Å². The molecular weight excluding hydrogens is 444 g/mol. The number of carbonyl (C=O) groups is 2. The first-order chi connectivity index (χ1) is 15.9. The molecule has 0 N–H and O–H groups in total. The van der Waals surface area contributed by atoms with Crippen LogP contribution in [0, 0.1) is 0 Å². The van der Waals surface area contributed by atoms with Gasteiger partial charge in [-0.2, -0.15) is 4.31 Å². The van der Waals surface area contributed by atoms with E-state index in [9.17, 15) is 18.0 Å². The highest BCUT2D eigenvalue weighted by atomic mass is 32.2. The molecule has 2 amide bonds. The molecule has 2 aromatic carbocycles. The predicted octanol–water partition coefficient (Wildman–Crippen LogP) is 3.36. The number of methoxy groups -OCH3 is 1. The quantitative estimate of drug-likeness (QED) is 0.547. The van der Waals surface area contributed by atoms with E-state index in [1.165, 1.54) is 23.5 Å². The van der Waals surface area contributed by atoms with Gasteiger partial charge in [-0.25, -0.2) is 13.3 Å². The summed E-state index contributed by atoms with van der Waals surface area (Å²) < 4.78 is 39.3. The molecule has 8 nitrogen and oxygen atoms in total. The molecule has 176 valence electrons. The monoisotopic (exact) mass is 472 g/mol. The fraction of sp³-hybridized carbons (Fsp3) is 0.417. The Morgan fingerprint density at radius 1 is 0.970 bits per heavy atom. The molecule has 1 aliphatic carbocycles. The van der Waals surface area contributed by atoms with Crippen molar-refractivity contribution in [1.82, 2.24) is 4.31 Å². The first-order valence-corrected chi connectivity index (χ1v) is 12.6. The van der Waals surface area contributed by atoms with Crippen LogP contribution in [0.25, 0.3) is 0 Å². The zero-order chi connectivity index (χ0) is 23.6. The second-order valence-corrected chi connectivity index (χ2v) is 10.0. The SMILES string of the molecule is CCOc1ccc(N2C(=O)CC(N(C3CCCC3)S(=O)(=O)c3ccc(OC)cc3)C2=O)cc1. The molecule has 1 atom stereocenters. The summed E-state index contributed by atoms with van der Waals surface area (Å²) >= 11 is 0. The topological polar surface area (TPSA) is 93.2 Å². The van der Waals surface area contributed by atoms with E-state index in [0.29, 0.717) is 36.6 Å². The summed E-state index contributed by atoms with van der Waals surface area (Å²) in [4.78, 5) is 27.5. The smallest absolute Gasteiger partial charge is 0.252 e. The van der Waals surface area contributed by atoms with Crippen LogP contribution in [0.5, 0.6) is 11.5 Å². The number of hydrogen-bond acceptors (Lipinski definition) is 6. The third-order valence-electron chi connectivity index (χ3n) is 6.16. The van der Waals surface area contributed by atoms with Crippen molar-refractivity contribution in [3.8, 4) is 11.5 Å². The van der Waals surface area contributed by atoms with Gasteiger partial charge < -0.3 is 9.47 Å². The Morgan fingerprint density at radius 2 is 1.58 bits per heavy atom. The Labute approximate surface area is 194 Å². The molecule has 0 aromatic heterocycles. The maximum atomic E-state index is 13.7. The predicted molar refractivity (Wildman–Crippen MR) is 123 cm³/mol. The van der Waals surface area contributed by atoms with Gasteiger partial charge in [0.15, 0.2) is 0 Å². The number of imide groups is 1. The third-order valence-corrected chi connectivity index (χ3v) is 8.13. The second-order valence-electron chi connectivity index (χ2n) is 8.16. The molecule has 1 unspecified atom stereocenters. The van der Waals surface area contributed by atoms with Crippen molar-refractivity contribution in [3.63, 3.8) is 0 Å². The van der Waals surface area contributed by atoms with Gasteiger partial charge in [0.05, 0.1) is 30.7 Å². The molecule has 1 heterocycles. The average Bonchev–Trinajstić information content (AvgIpc) is 3.43. The van der Waals surface area contributed by atoms with Gasteiger partial charge >= 0.3 is 0 Å². The third kappa shape index (κ3) is 4.47. The summed E-state index contributed by atoms with van der Waals surface area (Å²) in [5.74, 6) is 0.233. The van der Waals surface area contributed by atoms with E-state index in [1.54, 1.807) is 36.4 Å². The van der Waals surface area contributed by atoms with Crippen LogP contribution < -0.4 is 14.4 Å². The minimum atomic E-state index is -4.01. The van der Waals surface area contributed by atoms with E-state index in [1.807, 2.05) is 6.92 Å². The minimum Gasteiger partial charge on any atom is -0.497 e.